The van der Waals surface area contributed by atoms with E-state index in [1.54, 1.807) is 0 Å². The molecule has 1 saturated heterocycles. The van der Waals surface area contributed by atoms with Crippen molar-refractivity contribution in [3.8, 4) is 28.3 Å². The Balaban J connectivity index is 1.54. The predicted molar refractivity (Wildman–Crippen MR) is 110 cm³/mol. The van der Waals surface area contributed by atoms with Crippen LogP contribution in [0.4, 0.5) is 8.78 Å². The fraction of sp³-hybridized carbons (Fsp3) is 0.409. The smallest absolute Gasteiger partial charge is 0.232 e. The Labute approximate surface area is 174 Å². The van der Waals surface area contributed by atoms with Gasteiger partial charge in [-0.05, 0) is 33.8 Å². The molecular formula is C22H25F2N5O. The van der Waals surface area contributed by atoms with Gasteiger partial charge in [0.2, 0.25) is 5.88 Å². The first-order valence-electron chi connectivity index (χ1n) is 9.89. The van der Waals surface area contributed by atoms with Crippen LogP contribution in [0.1, 0.15) is 40.5 Å². The highest BCUT2D eigenvalue weighted by Crippen LogP contribution is 2.32. The van der Waals surface area contributed by atoms with Crippen LogP contribution < -0.4 is 10.1 Å². The van der Waals surface area contributed by atoms with E-state index in [4.69, 9.17) is 4.74 Å². The molecule has 8 heteroatoms. The van der Waals surface area contributed by atoms with Gasteiger partial charge in [-0.2, -0.15) is 5.10 Å². The quantitative estimate of drug-likeness (QED) is 0.659. The number of benzene rings is 1. The molecule has 4 rings (SSSR count). The zero-order valence-corrected chi connectivity index (χ0v) is 17.5. The number of hydrogen-bond donors (Lipinski definition) is 2. The Morgan fingerprint density at radius 1 is 0.933 bits per heavy atom. The van der Waals surface area contributed by atoms with Crippen molar-refractivity contribution < 1.29 is 13.5 Å². The number of rotatable bonds is 4. The van der Waals surface area contributed by atoms with E-state index in [0.717, 1.165) is 12.8 Å². The second-order valence-corrected chi connectivity index (χ2v) is 9.06. The van der Waals surface area contributed by atoms with Gasteiger partial charge < -0.3 is 10.1 Å². The number of nitrogens with one attached hydrogen (secondary N) is 2. The summed E-state index contributed by atoms with van der Waals surface area (Å²) in [4.78, 5) is 8.53. The van der Waals surface area contributed by atoms with Gasteiger partial charge in [-0.15, -0.1) is 0 Å². The minimum atomic E-state index is -0.974. The maximum atomic E-state index is 14.7. The van der Waals surface area contributed by atoms with Gasteiger partial charge in [-0.25, -0.2) is 18.7 Å². The maximum Gasteiger partial charge on any atom is 0.232 e. The molecule has 2 aromatic heterocycles. The second kappa shape index (κ2) is 7.43. The number of aromatic amines is 1. The molecule has 3 aromatic rings. The van der Waals surface area contributed by atoms with E-state index in [1.807, 2.05) is 0 Å². The number of H-pyrrole nitrogens is 1. The van der Waals surface area contributed by atoms with Crippen LogP contribution in [-0.4, -0.2) is 37.3 Å². The molecule has 0 saturated carbocycles. The lowest BCUT2D eigenvalue weighted by Crippen LogP contribution is -2.60. The molecule has 0 aliphatic carbocycles. The van der Waals surface area contributed by atoms with Gasteiger partial charge >= 0.3 is 0 Å². The number of piperidine rings is 1. The van der Waals surface area contributed by atoms with Crippen LogP contribution in [0.5, 0.6) is 5.88 Å². The van der Waals surface area contributed by atoms with Crippen molar-refractivity contribution in [2.75, 3.05) is 0 Å². The van der Waals surface area contributed by atoms with E-state index in [-0.39, 0.29) is 34.0 Å². The third-order valence-electron chi connectivity index (χ3n) is 5.24. The number of hydrogen-bond acceptors (Lipinski definition) is 5. The van der Waals surface area contributed by atoms with E-state index < -0.39 is 11.6 Å². The third kappa shape index (κ3) is 4.18. The molecule has 2 N–H and O–H groups in total. The standard InChI is InChI=1S/C22H25F2N5O/c1-21(2)7-14(8-22(3,4)29-21)30-18-12-25-17(11-26-18)16-6-5-15(19(23)20(16)24)13-9-27-28-10-13/h5-6,9-12,14,29H,7-8H2,1-4H3,(H,27,28). The molecule has 1 aliphatic rings. The average Bonchev–Trinajstić information content (AvgIpc) is 3.16. The number of ether oxygens (including phenoxy) is 1. The molecule has 1 fully saturated rings. The van der Waals surface area contributed by atoms with Crippen LogP contribution in [0.3, 0.4) is 0 Å². The van der Waals surface area contributed by atoms with Crippen molar-refractivity contribution in [2.24, 2.45) is 0 Å². The molecule has 1 aromatic carbocycles. The molecule has 30 heavy (non-hydrogen) atoms. The fourth-order valence-corrected chi connectivity index (χ4v) is 4.37. The van der Waals surface area contributed by atoms with Gasteiger partial charge in [0.05, 0.1) is 24.3 Å². The Kier molecular flexibility index (Phi) is 5.05. The molecule has 0 atom stereocenters. The van der Waals surface area contributed by atoms with Gasteiger partial charge in [0.25, 0.3) is 0 Å². The number of aromatic nitrogens is 4. The lowest BCUT2D eigenvalue weighted by Gasteiger charge is -2.46. The minimum Gasteiger partial charge on any atom is -0.473 e. The monoisotopic (exact) mass is 413 g/mol. The topological polar surface area (TPSA) is 75.7 Å². The van der Waals surface area contributed by atoms with Gasteiger partial charge in [-0.1, -0.05) is 6.07 Å². The lowest BCUT2D eigenvalue weighted by atomic mass is 9.81. The van der Waals surface area contributed by atoms with E-state index in [9.17, 15) is 8.78 Å². The first-order chi connectivity index (χ1) is 14.1. The highest BCUT2D eigenvalue weighted by atomic mass is 19.2. The predicted octanol–water partition coefficient (Wildman–Crippen LogP) is 4.50. The average molecular weight is 413 g/mol. The molecule has 0 amide bonds. The van der Waals surface area contributed by atoms with Crippen molar-refractivity contribution in [2.45, 2.75) is 57.7 Å². The third-order valence-corrected chi connectivity index (χ3v) is 5.24. The molecular weight excluding hydrogens is 388 g/mol. The Morgan fingerprint density at radius 2 is 1.60 bits per heavy atom. The Hall–Kier alpha value is -2.87. The second-order valence-electron chi connectivity index (χ2n) is 9.06. The molecule has 0 unspecified atom stereocenters. The maximum absolute atomic E-state index is 14.7. The summed E-state index contributed by atoms with van der Waals surface area (Å²) in [5, 5.41) is 9.97. The van der Waals surface area contributed by atoms with E-state index in [1.165, 1.54) is 36.9 Å². The largest absolute Gasteiger partial charge is 0.473 e. The summed E-state index contributed by atoms with van der Waals surface area (Å²) in [6.45, 7) is 8.57. The van der Waals surface area contributed by atoms with E-state index in [0.29, 0.717) is 11.4 Å². The normalized spacial score (nSPS) is 18.3. The highest BCUT2D eigenvalue weighted by Gasteiger charge is 2.38. The SMILES string of the molecule is CC1(C)CC(Oc2cnc(-c3ccc(-c4cn[nH]c4)c(F)c3F)cn2)CC(C)(C)N1. The van der Waals surface area contributed by atoms with Gasteiger partial charge in [0.1, 0.15) is 6.10 Å². The van der Waals surface area contributed by atoms with Crippen molar-refractivity contribution in [3.63, 3.8) is 0 Å². The summed E-state index contributed by atoms with van der Waals surface area (Å²) < 4.78 is 35.3. The van der Waals surface area contributed by atoms with Crippen LogP contribution in [0, 0.1) is 11.6 Å². The highest BCUT2D eigenvalue weighted by molar-refractivity contribution is 5.69. The first kappa shape index (κ1) is 20.4. The van der Waals surface area contributed by atoms with E-state index in [2.05, 4.69) is 53.2 Å². The molecule has 0 bridgehead atoms. The Bertz CT molecular complexity index is 1020. The van der Waals surface area contributed by atoms with Crippen LogP contribution in [0.2, 0.25) is 0 Å². The van der Waals surface area contributed by atoms with Crippen LogP contribution in [0.15, 0.2) is 36.9 Å². The fourth-order valence-electron chi connectivity index (χ4n) is 4.37. The van der Waals surface area contributed by atoms with Crippen LogP contribution in [-0.2, 0) is 0 Å². The van der Waals surface area contributed by atoms with Crippen LogP contribution >= 0.6 is 0 Å². The van der Waals surface area contributed by atoms with Gasteiger partial charge in [0, 0.05) is 46.8 Å². The van der Waals surface area contributed by atoms with Gasteiger partial charge in [0.15, 0.2) is 11.6 Å². The molecule has 0 spiro atoms. The van der Waals surface area contributed by atoms with Crippen molar-refractivity contribution in [3.05, 3.63) is 48.6 Å². The van der Waals surface area contributed by atoms with Crippen molar-refractivity contribution in [1.29, 1.82) is 0 Å². The zero-order valence-electron chi connectivity index (χ0n) is 17.5. The summed E-state index contributed by atoms with van der Waals surface area (Å²) in [5.41, 5.74) is 0.773. The summed E-state index contributed by atoms with van der Waals surface area (Å²) in [6, 6.07) is 2.99. The molecule has 1 aliphatic heterocycles. The minimum absolute atomic E-state index is 0.0141. The summed E-state index contributed by atoms with van der Waals surface area (Å²) in [7, 11) is 0. The zero-order chi connectivity index (χ0) is 21.5. The molecule has 3 heterocycles. The van der Waals surface area contributed by atoms with Crippen molar-refractivity contribution in [1.82, 2.24) is 25.5 Å². The molecule has 158 valence electrons. The Morgan fingerprint density at radius 3 is 2.20 bits per heavy atom. The number of nitrogens with zero attached hydrogens (tertiary/aromatic N) is 3. The van der Waals surface area contributed by atoms with Crippen LogP contribution in [0.25, 0.3) is 22.4 Å². The first-order valence-corrected chi connectivity index (χ1v) is 9.89. The summed E-state index contributed by atoms with van der Waals surface area (Å²) in [6.07, 6.45) is 7.45. The van der Waals surface area contributed by atoms with Crippen molar-refractivity contribution >= 4 is 0 Å². The number of halogens is 2. The van der Waals surface area contributed by atoms with E-state index >= 15 is 0 Å². The summed E-state index contributed by atoms with van der Waals surface area (Å²) >= 11 is 0. The molecule has 0 radical (unpaired) electrons. The van der Waals surface area contributed by atoms with Gasteiger partial charge in [-0.3, -0.25) is 5.10 Å². The lowest BCUT2D eigenvalue weighted by molar-refractivity contribution is 0.0527. The summed E-state index contributed by atoms with van der Waals surface area (Å²) in [5.74, 6) is -1.55. The molecule has 6 nitrogen and oxygen atoms in total.